The highest BCUT2D eigenvalue weighted by Crippen LogP contribution is 2.40. The lowest BCUT2D eigenvalue weighted by Gasteiger charge is -2.27. The number of carbonyl (C=O) groups excluding carboxylic acids is 1. The molecule has 0 atom stereocenters. The summed E-state index contributed by atoms with van der Waals surface area (Å²) in [5.41, 5.74) is 0.412. The topological polar surface area (TPSA) is 64.9 Å². The highest BCUT2D eigenvalue weighted by atomic mass is 16.1. The van der Waals surface area contributed by atoms with Crippen LogP contribution in [0.15, 0.2) is 0 Å². The van der Waals surface area contributed by atoms with Crippen molar-refractivity contribution >= 4 is 5.91 Å². The number of nitriles is 1. The minimum atomic E-state index is -0.0919. The number of hydrogen-bond acceptors (Lipinski definition) is 3. The summed E-state index contributed by atoms with van der Waals surface area (Å²) < 4.78 is 0. The zero-order valence-corrected chi connectivity index (χ0v) is 10.0. The fourth-order valence-electron chi connectivity index (χ4n) is 2.42. The lowest BCUT2D eigenvalue weighted by Crippen LogP contribution is -2.39. The molecule has 4 heteroatoms. The molecule has 2 N–H and O–H groups in total. The summed E-state index contributed by atoms with van der Waals surface area (Å²) in [6.07, 6.45) is 6.36. The van der Waals surface area contributed by atoms with Crippen LogP contribution in [0.4, 0.5) is 0 Å². The molecule has 0 aliphatic heterocycles. The Hall–Kier alpha value is -1.08. The van der Waals surface area contributed by atoms with Gasteiger partial charge in [0.25, 0.3) is 0 Å². The molecule has 0 saturated heterocycles. The second-order valence-electron chi connectivity index (χ2n) is 4.60. The summed E-state index contributed by atoms with van der Waals surface area (Å²) in [5.74, 6) is -0.0919. The van der Waals surface area contributed by atoms with Crippen LogP contribution in [0.1, 0.15) is 39.0 Å². The summed E-state index contributed by atoms with van der Waals surface area (Å²) in [6.45, 7) is 3.56. The van der Waals surface area contributed by atoms with Crippen LogP contribution in [0.5, 0.6) is 0 Å². The predicted molar refractivity (Wildman–Crippen MR) is 62.7 cm³/mol. The first-order valence-electron chi connectivity index (χ1n) is 6.07. The molecule has 16 heavy (non-hydrogen) atoms. The molecule has 0 spiro atoms. The van der Waals surface area contributed by atoms with Crippen molar-refractivity contribution < 1.29 is 4.79 Å². The zero-order chi connectivity index (χ0) is 11.9. The number of nitrogens with one attached hydrogen (secondary N) is 2. The van der Waals surface area contributed by atoms with Crippen molar-refractivity contribution in [2.24, 2.45) is 5.41 Å². The third-order valence-corrected chi connectivity index (χ3v) is 3.56. The monoisotopic (exact) mass is 223 g/mol. The van der Waals surface area contributed by atoms with Gasteiger partial charge < -0.3 is 10.6 Å². The van der Waals surface area contributed by atoms with Crippen molar-refractivity contribution in [2.45, 2.75) is 39.0 Å². The number of amides is 1. The molecule has 0 radical (unpaired) electrons. The number of hydrogen-bond donors (Lipinski definition) is 2. The quantitative estimate of drug-likeness (QED) is 0.665. The van der Waals surface area contributed by atoms with Gasteiger partial charge in [-0.15, -0.1) is 0 Å². The van der Waals surface area contributed by atoms with E-state index in [1.54, 1.807) is 0 Å². The summed E-state index contributed by atoms with van der Waals surface area (Å²) in [6, 6.07) is 1.89. The van der Waals surface area contributed by atoms with E-state index in [9.17, 15) is 4.79 Å². The van der Waals surface area contributed by atoms with Crippen molar-refractivity contribution in [3.8, 4) is 6.07 Å². The largest absolute Gasteiger partial charge is 0.342 e. The van der Waals surface area contributed by atoms with E-state index in [-0.39, 0.29) is 12.5 Å². The first kappa shape index (κ1) is 13.0. The van der Waals surface area contributed by atoms with Crippen LogP contribution < -0.4 is 10.6 Å². The molecule has 1 aliphatic carbocycles. The normalized spacial score (nSPS) is 18.0. The average molecular weight is 223 g/mol. The summed E-state index contributed by atoms with van der Waals surface area (Å²) >= 11 is 0. The average Bonchev–Trinajstić information content (AvgIpc) is 2.76. The van der Waals surface area contributed by atoms with Crippen molar-refractivity contribution in [3.05, 3.63) is 0 Å². The Morgan fingerprint density at radius 3 is 2.69 bits per heavy atom. The Balaban J connectivity index is 2.19. The van der Waals surface area contributed by atoms with E-state index < -0.39 is 0 Å². The standard InChI is InChI=1S/C12H21N3O/c1-2-12(5-3-4-6-12)10-14-9-11(16)15-8-7-13/h14H,2-6,8-10H2,1H3,(H,15,16). The van der Waals surface area contributed by atoms with Crippen molar-refractivity contribution in [1.82, 2.24) is 10.6 Å². The van der Waals surface area contributed by atoms with Gasteiger partial charge in [0.05, 0.1) is 12.6 Å². The van der Waals surface area contributed by atoms with E-state index in [2.05, 4.69) is 17.6 Å². The lowest BCUT2D eigenvalue weighted by atomic mass is 9.83. The van der Waals surface area contributed by atoms with Crippen LogP contribution in [-0.4, -0.2) is 25.5 Å². The molecule has 0 unspecified atom stereocenters. The van der Waals surface area contributed by atoms with E-state index in [4.69, 9.17) is 5.26 Å². The minimum Gasteiger partial charge on any atom is -0.342 e. The van der Waals surface area contributed by atoms with Crippen LogP contribution in [0, 0.1) is 16.7 Å². The molecule has 0 bridgehead atoms. The molecule has 0 aromatic heterocycles. The first-order valence-corrected chi connectivity index (χ1v) is 6.07. The number of nitrogens with zero attached hydrogens (tertiary/aromatic N) is 1. The van der Waals surface area contributed by atoms with E-state index >= 15 is 0 Å². The van der Waals surface area contributed by atoms with Gasteiger partial charge in [0, 0.05) is 6.54 Å². The summed E-state index contributed by atoms with van der Waals surface area (Å²) in [7, 11) is 0. The number of rotatable bonds is 6. The van der Waals surface area contributed by atoms with E-state index in [1.807, 2.05) is 6.07 Å². The van der Waals surface area contributed by atoms with Crippen LogP contribution >= 0.6 is 0 Å². The maximum Gasteiger partial charge on any atom is 0.234 e. The highest BCUT2D eigenvalue weighted by Gasteiger charge is 2.31. The van der Waals surface area contributed by atoms with Gasteiger partial charge in [-0.05, 0) is 24.7 Å². The fourth-order valence-corrected chi connectivity index (χ4v) is 2.42. The molecule has 0 aromatic carbocycles. The van der Waals surface area contributed by atoms with E-state index in [0.717, 1.165) is 6.54 Å². The molecular weight excluding hydrogens is 202 g/mol. The van der Waals surface area contributed by atoms with Gasteiger partial charge >= 0.3 is 0 Å². The molecule has 90 valence electrons. The van der Waals surface area contributed by atoms with Crippen molar-refractivity contribution in [1.29, 1.82) is 5.26 Å². The van der Waals surface area contributed by atoms with Gasteiger partial charge in [0.1, 0.15) is 6.54 Å². The van der Waals surface area contributed by atoms with Crippen molar-refractivity contribution in [2.75, 3.05) is 19.6 Å². The van der Waals surface area contributed by atoms with Gasteiger partial charge in [0.2, 0.25) is 5.91 Å². The minimum absolute atomic E-state index is 0.0919. The Kier molecular flexibility index (Phi) is 5.27. The molecule has 4 nitrogen and oxygen atoms in total. The van der Waals surface area contributed by atoms with Gasteiger partial charge in [-0.1, -0.05) is 19.8 Å². The Bertz CT molecular complexity index is 264. The van der Waals surface area contributed by atoms with Gasteiger partial charge in [0.15, 0.2) is 0 Å². The Morgan fingerprint density at radius 1 is 1.44 bits per heavy atom. The molecule has 1 saturated carbocycles. The molecular formula is C12H21N3O. The molecule has 0 heterocycles. The maximum absolute atomic E-state index is 11.2. The predicted octanol–water partition coefficient (Wildman–Crippen LogP) is 1.19. The molecule has 0 aromatic rings. The Labute approximate surface area is 97.4 Å². The van der Waals surface area contributed by atoms with E-state index in [1.165, 1.54) is 32.1 Å². The second kappa shape index (κ2) is 6.49. The van der Waals surface area contributed by atoms with Crippen LogP contribution in [-0.2, 0) is 4.79 Å². The zero-order valence-electron chi connectivity index (χ0n) is 10.0. The van der Waals surface area contributed by atoms with Gasteiger partial charge in [-0.3, -0.25) is 4.79 Å². The lowest BCUT2D eigenvalue weighted by molar-refractivity contribution is -0.120. The molecule has 1 fully saturated rings. The number of carbonyl (C=O) groups is 1. The summed E-state index contributed by atoms with van der Waals surface area (Å²) in [5, 5.41) is 14.0. The fraction of sp³-hybridized carbons (Fsp3) is 0.833. The first-order chi connectivity index (χ1) is 7.72. The molecule has 1 rings (SSSR count). The van der Waals surface area contributed by atoms with Gasteiger partial charge in [-0.25, -0.2) is 0 Å². The Morgan fingerprint density at radius 2 is 2.12 bits per heavy atom. The smallest absolute Gasteiger partial charge is 0.234 e. The SMILES string of the molecule is CCC1(CNCC(=O)NCC#N)CCCC1. The van der Waals surface area contributed by atoms with Crippen LogP contribution in [0.25, 0.3) is 0 Å². The van der Waals surface area contributed by atoms with Crippen LogP contribution in [0.2, 0.25) is 0 Å². The highest BCUT2D eigenvalue weighted by molar-refractivity contribution is 5.78. The van der Waals surface area contributed by atoms with Crippen molar-refractivity contribution in [3.63, 3.8) is 0 Å². The summed E-state index contributed by atoms with van der Waals surface area (Å²) in [4.78, 5) is 11.2. The second-order valence-corrected chi connectivity index (χ2v) is 4.60. The molecule has 1 amide bonds. The maximum atomic E-state index is 11.2. The molecule has 1 aliphatic rings. The van der Waals surface area contributed by atoms with E-state index in [0.29, 0.717) is 12.0 Å². The van der Waals surface area contributed by atoms with Crippen LogP contribution in [0.3, 0.4) is 0 Å². The third-order valence-electron chi connectivity index (χ3n) is 3.56. The van der Waals surface area contributed by atoms with Gasteiger partial charge in [-0.2, -0.15) is 5.26 Å². The third kappa shape index (κ3) is 3.82.